The monoisotopic (exact) mass is 347 g/mol. The second kappa shape index (κ2) is 8.32. The molecule has 0 aliphatic heterocycles. The van der Waals surface area contributed by atoms with E-state index in [4.69, 9.17) is 28.6 Å². The fraction of sp³-hybridized carbons (Fsp3) is 0.316. The average Bonchev–Trinajstić information content (AvgIpc) is 2.55. The number of benzene rings is 2. The molecular formula is C19H22ClNOS. The number of hydrogen-bond acceptors (Lipinski definition) is 2. The van der Waals surface area contributed by atoms with Crippen molar-refractivity contribution in [1.82, 2.24) is 0 Å². The fourth-order valence-electron chi connectivity index (χ4n) is 2.29. The Kier molecular flexibility index (Phi) is 6.43. The molecule has 0 atom stereocenters. The molecule has 2 rings (SSSR count). The highest BCUT2D eigenvalue weighted by atomic mass is 35.5. The van der Waals surface area contributed by atoms with Crippen molar-refractivity contribution in [1.29, 1.82) is 0 Å². The predicted octanol–water partition coefficient (Wildman–Crippen LogP) is 5.94. The number of ether oxygens (including phenoxy) is 1. The fourth-order valence-corrected chi connectivity index (χ4v) is 2.60. The van der Waals surface area contributed by atoms with Crippen LogP contribution in [0.25, 0.3) is 0 Å². The minimum Gasteiger partial charge on any atom is -0.489 e. The molecule has 23 heavy (non-hydrogen) atoms. The summed E-state index contributed by atoms with van der Waals surface area (Å²) in [5.74, 6) is 0.895. The van der Waals surface area contributed by atoms with E-state index in [9.17, 15) is 0 Å². The van der Waals surface area contributed by atoms with Crippen LogP contribution < -0.4 is 10.1 Å². The summed E-state index contributed by atoms with van der Waals surface area (Å²) >= 11 is 11.4. The van der Waals surface area contributed by atoms with E-state index in [1.54, 1.807) is 0 Å². The van der Waals surface area contributed by atoms with Gasteiger partial charge in [0.15, 0.2) is 0 Å². The highest BCUT2D eigenvalue weighted by molar-refractivity contribution is 7.80. The van der Waals surface area contributed by atoms with Gasteiger partial charge in [-0.2, -0.15) is 0 Å². The van der Waals surface area contributed by atoms with Crippen molar-refractivity contribution in [2.75, 3.05) is 5.32 Å². The molecule has 4 heteroatoms. The molecule has 0 saturated carbocycles. The first kappa shape index (κ1) is 17.8. The van der Waals surface area contributed by atoms with E-state index >= 15 is 0 Å². The van der Waals surface area contributed by atoms with E-state index in [1.807, 2.05) is 31.2 Å². The Balaban J connectivity index is 2.16. The van der Waals surface area contributed by atoms with Gasteiger partial charge in [-0.3, -0.25) is 0 Å². The van der Waals surface area contributed by atoms with Crippen LogP contribution in [0, 0.1) is 6.92 Å². The average molecular weight is 348 g/mol. The molecule has 2 aromatic rings. The summed E-state index contributed by atoms with van der Waals surface area (Å²) in [5, 5.41) is 3.94. The summed E-state index contributed by atoms with van der Waals surface area (Å²) in [6, 6.07) is 12.0. The van der Waals surface area contributed by atoms with Gasteiger partial charge in [0.05, 0.1) is 4.99 Å². The summed E-state index contributed by atoms with van der Waals surface area (Å²) in [6.07, 6.45) is 1.83. The standard InChI is InChI=1S/C19H22ClNOS/c1-4-14-6-9-18(13(3)10-14)22-12-15-11-16(20)7-8-17(15)21-19(23)5-2/h6-11H,4-5,12H2,1-3H3,(H,21,23). The van der Waals surface area contributed by atoms with Gasteiger partial charge in [-0.05, 0) is 55.2 Å². The van der Waals surface area contributed by atoms with Crippen LogP contribution in [0.5, 0.6) is 5.75 Å². The topological polar surface area (TPSA) is 21.3 Å². The van der Waals surface area contributed by atoms with Gasteiger partial charge in [-0.1, -0.05) is 49.8 Å². The molecule has 0 amide bonds. The molecule has 0 aliphatic rings. The van der Waals surface area contributed by atoms with Crippen LogP contribution in [-0.4, -0.2) is 4.99 Å². The van der Waals surface area contributed by atoms with Gasteiger partial charge in [0.25, 0.3) is 0 Å². The molecule has 0 unspecified atom stereocenters. The predicted molar refractivity (Wildman–Crippen MR) is 103 cm³/mol. The largest absolute Gasteiger partial charge is 0.489 e. The van der Waals surface area contributed by atoms with Crippen molar-refractivity contribution in [3.63, 3.8) is 0 Å². The Hall–Kier alpha value is -1.58. The van der Waals surface area contributed by atoms with Crippen LogP contribution in [0.15, 0.2) is 36.4 Å². The first-order chi connectivity index (χ1) is 11.0. The SMILES string of the molecule is CCC(=S)Nc1ccc(Cl)cc1COc1ccc(CC)cc1C. The van der Waals surface area contributed by atoms with Crippen LogP contribution in [0.1, 0.15) is 37.0 Å². The summed E-state index contributed by atoms with van der Waals surface area (Å²) in [5.41, 5.74) is 4.40. The zero-order valence-corrected chi connectivity index (χ0v) is 15.4. The molecule has 0 aliphatic carbocycles. The number of thiocarbonyl (C=S) groups is 1. The third-order valence-electron chi connectivity index (χ3n) is 3.69. The van der Waals surface area contributed by atoms with E-state index in [2.05, 4.69) is 31.3 Å². The molecular weight excluding hydrogens is 326 g/mol. The van der Waals surface area contributed by atoms with E-state index in [0.717, 1.165) is 40.4 Å². The summed E-state index contributed by atoms with van der Waals surface area (Å²) < 4.78 is 5.99. The van der Waals surface area contributed by atoms with Crippen molar-refractivity contribution in [3.05, 3.63) is 58.1 Å². The lowest BCUT2D eigenvalue weighted by atomic mass is 10.1. The summed E-state index contributed by atoms with van der Waals surface area (Å²) in [7, 11) is 0. The second-order valence-corrected chi connectivity index (χ2v) is 6.37. The number of anilines is 1. The van der Waals surface area contributed by atoms with Crippen molar-refractivity contribution >= 4 is 34.5 Å². The van der Waals surface area contributed by atoms with Gasteiger partial charge < -0.3 is 10.1 Å². The van der Waals surface area contributed by atoms with Gasteiger partial charge in [0, 0.05) is 16.3 Å². The minimum absolute atomic E-state index is 0.446. The Bertz CT molecular complexity index is 700. The lowest BCUT2D eigenvalue weighted by Gasteiger charge is -2.15. The lowest BCUT2D eigenvalue weighted by Crippen LogP contribution is -2.10. The molecule has 0 spiro atoms. The number of aryl methyl sites for hydroxylation is 2. The molecule has 0 radical (unpaired) electrons. The minimum atomic E-state index is 0.446. The molecule has 0 aromatic heterocycles. The number of hydrogen-bond donors (Lipinski definition) is 1. The van der Waals surface area contributed by atoms with E-state index in [-0.39, 0.29) is 0 Å². The molecule has 0 saturated heterocycles. The Morgan fingerprint density at radius 2 is 1.96 bits per heavy atom. The zero-order valence-electron chi connectivity index (χ0n) is 13.8. The van der Waals surface area contributed by atoms with Gasteiger partial charge in [-0.15, -0.1) is 0 Å². The van der Waals surface area contributed by atoms with Gasteiger partial charge in [-0.25, -0.2) is 0 Å². The smallest absolute Gasteiger partial charge is 0.122 e. The maximum atomic E-state index is 6.12. The van der Waals surface area contributed by atoms with Crippen LogP contribution in [0.2, 0.25) is 5.02 Å². The van der Waals surface area contributed by atoms with E-state index < -0.39 is 0 Å². The zero-order chi connectivity index (χ0) is 16.8. The number of nitrogens with one attached hydrogen (secondary N) is 1. The third kappa shape index (κ3) is 4.95. The maximum Gasteiger partial charge on any atom is 0.122 e. The third-order valence-corrected chi connectivity index (χ3v) is 4.32. The summed E-state index contributed by atoms with van der Waals surface area (Å²) in [4.78, 5) is 0.803. The van der Waals surface area contributed by atoms with Gasteiger partial charge >= 0.3 is 0 Å². The molecule has 0 heterocycles. The Morgan fingerprint density at radius 1 is 1.17 bits per heavy atom. The maximum absolute atomic E-state index is 6.12. The Labute approximate surface area is 148 Å². The van der Waals surface area contributed by atoms with Crippen molar-refractivity contribution in [3.8, 4) is 5.75 Å². The normalized spacial score (nSPS) is 10.4. The number of halogens is 1. The number of rotatable bonds is 6. The van der Waals surface area contributed by atoms with Crippen LogP contribution in [-0.2, 0) is 13.0 Å². The highest BCUT2D eigenvalue weighted by Crippen LogP contribution is 2.25. The quantitative estimate of drug-likeness (QED) is 0.653. The first-order valence-electron chi connectivity index (χ1n) is 7.84. The second-order valence-electron chi connectivity index (χ2n) is 5.45. The Morgan fingerprint density at radius 3 is 2.61 bits per heavy atom. The lowest BCUT2D eigenvalue weighted by molar-refractivity contribution is 0.304. The van der Waals surface area contributed by atoms with Gasteiger partial charge in [0.1, 0.15) is 12.4 Å². The van der Waals surface area contributed by atoms with Crippen LogP contribution in [0.4, 0.5) is 5.69 Å². The van der Waals surface area contributed by atoms with Gasteiger partial charge in [0.2, 0.25) is 0 Å². The van der Waals surface area contributed by atoms with E-state index in [1.165, 1.54) is 5.56 Å². The van der Waals surface area contributed by atoms with Crippen molar-refractivity contribution in [2.24, 2.45) is 0 Å². The van der Waals surface area contributed by atoms with Crippen LogP contribution in [0.3, 0.4) is 0 Å². The van der Waals surface area contributed by atoms with Crippen molar-refractivity contribution in [2.45, 2.75) is 40.2 Å². The molecule has 2 nitrogen and oxygen atoms in total. The summed E-state index contributed by atoms with van der Waals surface area (Å²) in [6.45, 7) is 6.69. The molecule has 0 fully saturated rings. The molecule has 0 bridgehead atoms. The van der Waals surface area contributed by atoms with Crippen molar-refractivity contribution < 1.29 is 4.74 Å². The molecule has 1 N–H and O–H groups in total. The van der Waals surface area contributed by atoms with E-state index in [0.29, 0.717) is 11.6 Å². The first-order valence-corrected chi connectivity index (χ1v) is 8.62. The van der Waals surface area contributed by atoms with Crippen LogP contribution >= 0.6 is 23.8 Å². The molecule has 122 valence electrons. The highest BCUT2D eigenvalue weighted by Gasteiger charge is 2.07. The molecule has 2 aromatic carbocycles.